The second-order valence-electron chi connectivity index (χ2n) is 12.3. The second kappa shape index (κ2) is 32.1. The van der Waals surface area contributed by atoms with Crippen molar-refractivity contribution in [3.8, 4) is 0 Å². The SMILES string of the molecule is CCCCCCCCCCCCCCCCCCCCCCCCCCC[C@H](O)C[C@H](O)CCCCC. The third kappa shape index (κ3) is 32.0. The first-order valence-corrected chi connectivity index (χ1v) is 17.6. The van der Waals surface area contributed by atoms with Crippen LogP contribution in [0.25, 0.3) is 0 Å². The molecule has 0 rings (SSSR count). The molecule has 0 aliphatic rings. The van der Waals surface area contributed by atoms with Gasteiger partial charge in [0.25, 0.3) is 0 Å². The molecule has 0 aromatic heterocycles. The Labute approximate surface area is 235 Å². The van der Waals surface area contributed by atoms with Crippen LogP contribution in [0.3, 0.4) is 0 Å². The van der Waals surface area contributed by atoms with E-state index in [-0.39, 0.29) is 12.2 Å². The smallest absolute Gasteiger partial charge is 0.0564 e. The van der Waals surface area contributed by atoms with Gasteiger partial charge in [-0.3, -0.25) is 0 Å². The van der Waals surface area contributed by atoms with Gasteiger partial charge in [-0.2, -0.15) is 0 Å². The molecule has 2 N–H and O–H groups in total. The van der Waals surface area contributed by atoms with E-state index < -0.39 is 0 Å². The van der Waals surface area contributed by atoms with Crippen LogP contribution in [0.4, 0.5) is 0 Å². The number of aliphatic hydroxyl groups excluding tert-OH is 2. The van der Waals surface area contributed by atoms with Crippen molar-refractivity contribution in [1.82, 2.24) is 0 Å². The molecule has 0 bridgehead atoms. The Morgan fingerprint density at radius 3 is 0.757 bits per heavy atom. The molecule has 0 aromatic rings. The standard InChI is InChI=1S/C35H72O2/c1-3-5-7-8-9-10-11-12-13-14-15-16-17-18-19-20-21-22-23-24-25-26-27-28-30-32-35(37)33-34(36)31-29-6-4-2/h34-37H,3-33H2,1-2H3/t34-,35+/m1/s1. The van der Waals surface area contributed by atoms with E-state index in [1.807, 2.05) is 0 Å². The van der Waals surface area contributed by atoms with E-state index in [1.54, 1.807) is 0 Å². The maximum atomic E-state index is 10.1. The Hall–Kier alpha value is -0.0800. The molecule has 2 nitrogen and oxygen atoms in total. The van der Waals surface area contributed by atoms with Gasteiger partial charge in [-0.1, -0.05) is 194 Å². The Bertz CT molecular complexity index is 397. The van der Waals surface area contributed by atoms with Gasteiger partial charge in [-0.05, 0) is 19.3 Å². The quantitative estimate of drug-likeness (QED) is 0.0859. The predicted molar refractivity (Wildman–Crippen MR) is 166 cm³/mol. The van der Waals surface area contributed by atoms with Crippen molar-refractivity contribution in [3.05, 3.63) is 0 Å². The molecular weight excluding hydrogens is 452 g/mol. The van der Waals surface area contributed by atoms with Crippen LogP contribution in [-0.2, 0) is 0 Å². The van der Waals surface area contributed by atoms with E-state index in [1.165, 1.54) is 167 Å². The molecule has 0 saturated heterocycles. The van der Waals surface area contributed by atoms with Crippen LogP contribution >= 0.6 is 0 Å². The fourth-order valence-corrected chi connectivity index (χ4v) is 5.70. The topological polar surface area (TPSA) is 40.5 Å². The molecule has 0 heterocycles. The molecule has 2 heteroatoms. The number of aliphatic hydroxyl groups is 2. The number of hydrogen-bond donors (Lipinski definition) is 2. The third-order valence-electron chi connectivity index (χ3n) is 8.33. The lowest BCUT2D eigenvalue weighted by Crippen LogP contribution is -2.17. The Kier molecular flexibility index (Phi) is 32.1. The van der Waals surface area contributed by atoms with Gasteiger partial charge in [0.15, 0.2) is 0 Å². The fourth-order valence-electron chi connectivity index (χ4n) is 5.70. The molecule has 0 radical (unpaired) electrons. The normalized spacial score (nSPS) is 13.3. The highest BCUT2D eigenvalue weighted by Crippen LogP contribution is 2.17. The van der Waals surface area contributed by atoms with E-state index in [0.717, 1.165) is 25.7 Å². The maximum Gasteiger partial charge on any atom is 0.0564 e. The van der Waals surface area contributed by atoms with E-state index in [4.69, 9.17) is 0 Å². The number of unbranched alkanes of at least 4 members (excludes halogenated alkanes) is 26. The third-order valence-corrected chi connectivity index (χ3v) is 8.33. The van der Waals surface area contributed by atoms with Crippen molar-refractivity contribution in [2.24, 2.45) is 0 Å². The van der Waals surface area contributed by atoms with Crippen molar-refractivity contribution in [2.45, 2.75) is 225 Å². The van der Waals surface area contributed by atoms with Crippen molar-refractivity contribution in [3.63, 3.8) is 0 Å². The van der Waals surface area contributed by atoms with E-state index in [0.29, 0.717) is 6.42 Å². The Morgan fingerprint density at radius 1 is 0.297 bits per heavy atom. The molecule has 0 saturated carbocycles. The summed E-state index contributed by atoms with van der Waals surface area (Å²) in [4.78, 5) is 0. The van der Waals surface area contributed by atoms with E-state index >= 15 is 0 Å². The minimum absolute atomic E-state index is 0.304. The highest BCUT2D eigenvalue weighted by atomic mass is 16.3. The zero-order valence-electron chi connectivity index (χ0n) is 26.0. The molecule has 0 aliphatic carbocycles. The lowest BCUT2D eigenvalue weighted by Gasteiger charge is -2.15. The Morgan fingerprint density at radius 2 is 0.486 bits per heavy atom. The molecule has 0 aromatic carbocycles. The van der Waals surface area contributed by atoms with Crippen molar-refractivity contribution < 1.29 is 10.2 Å². The summed E-state index contributed by atoms with van der Waals surface area (Å²) in [5.41, 5.74) is 0. The summed E-state index contributed by atoms with van der Waals surface area (Å²) in [6.07, 6.45) is 40.6. The summed E-state index contributed by atoms with van der Waals surface area (Å²) in [6, 6.07) is 0. The first kappa shape index (κ1) is 36.9. The van der Waals surface area contributed by atoms with Crippen molar-refractivity contribution in [2.75, 3.05) is 0 Å². The monoisotopic (exact) mass is 525 g/mol. The molecule has 224 valence electrons. The van der Waals surface area contributed by atoms with Crippen molar-refractivity contribution in [1.29, 1.82) is 0 Å². The minimum Gasteiger partial charge on any atom is -0.393 e. The molecule has 0 amide bonds. The summed E-state index contributed by atoms with van der Waals surface area (Å²) in [5.74, 6) is 0. The summed E-state index contributed by atoms with van der Waals surface area (Å²) in [6.45, 7) is 4.48. The Balaban J connectivity index is 3.14. The van der Waals surface area contributed by atoms with Crippen LogP contribution in [0.2, 0.25) is 0 Å². The van der Waals surface area contributed by atoms with Gasteiger partial charge < -0.3 is 10.2 Å². The number of rotatable bonds is 32. The first-order chi connectivity index (χ1) is 18.2. The van der Waals surface area contributed by atoms with Gasteiger partial charge in [0.05, 0.1) is 12.2 Å². The summed E-state index contributed by atoms with van der Waals surface area (Å²) >= 11 is 0. The van der Waals surface area contributed by atoms with Gasteiger partial charge >= 0.3 is 0 Å². The first-order valence-electron chi connectivity index (χ1n) is 17.6. The van der Waals surface area contributed by atoms with E-state index in [9.17, 15) is 10.2 Å². The molecule has 2 atom stereocenters. The van der Waals surface area contributed by atoms with Crippen molar-refractivity contribution >= 4 is 0 Å². The van der Waals surface area contributed by atoms with Gasteiger partial charge in [0.2, 0.25) is 0 Å². The van der Waals surface area contributed by atoms with Gasteiger partial charge in [-0.25, -0.2) is 0 Å². The lowest BCUT2D eigenvalue weighted by atomic mass is 10.00. The molecule has 0 aliphatic heterocycles. The summed E-state index contributed by atoms with van der Waals surface area (Å²) in [5, 5.41) is 20.1. The highest BCUT2D eigenvalue weighted by Gasteiger charge is 2.11. The lowest BCUT2D eigenvalue weighted by molar-refractivity contribution is 0.0681. The second-order valence-corrected chi connectivity index (χ2v) is 12.3. The molecule has 0 fully saturated rings. The van der Waals surface area contributed by atoms with Gasteiger partial charge in [0, 0.05) is 0 Å². The summed E-state index contributed by atoms with van der Waals surface area (Å²) < 4.78 is 0. The van der Waals surface area contributed by atoms with Crippen LogP contribution in [0, 0.1) is 0 Å². The van der Waals surface area contributed by atoms with Gasteiger partial charge in [0.1, 0.15) is 0 Å². The molecular formula is C35H72O2. The fraction of sp³-hybridized carbons (Fsp3) is 1.00. The predicted octanol–water partition coefficient (Wildman–Crippen LogP) is 11.8. The maximum absolute atomic E-state index is 10.1. The highest BCUT2D eigenvalue weighted by molar-refractivity contribution is 4.64. The van der Waals surface area contributed by atoms with Gasteiger partial charge in [-0.15, -0.1) is 0 Å². The molecule has 37 heavy (non-hydrogen) atoms. The van der Waals surface area contributed by atoms with Crippen LogP contribution < -0.4 is 0 Å². The molecule has 0 spiro atoms. The van der Waals surface area contributed by atoms with Crippen LogP contribution in [-0.4, -0.2) is 22.4 Å². The zero-order chi connectivity index (χ0) is 27.1. The average Bonchev–Trinajstić information content (AvgIpc) is 2.88. The minimum atomic E-state index is -0.305. The summed E-state index contributed by atoms with van der Waals surface area (Å²) in [7, 11) is 0. The van der Waals surface area contributed by atoms with Crippen LogP contribution in [0.5, 0.6) is 0 Å². The zero-order valence-corrected chi connectivity index (χ0v) is 26.0. The molecule has 0 unspecified atom stereocenters. The van der Waals surface area contributed by atoms with Crippen LogP contribution in [0.15, 0.2) is 0 Å². The van der Waals surface area contributed by atoms with Crippen LogP contribution in [0.1, 0.15) is 213 Å². The largest absolute Gasteiger partial charge is 0.393 e. The number of hydrogen-bond acceptors (Lipinski definition) is 2. The average molecular weight is 525 g/mol. The van der Waals surface area contributed by atoms with E-state index in [2.05, 4.69) is 13.8 Å².